The van der Waals surface area contributed by atoms with Crippen LogP contribution >= 0.6 is 0 Å². The molecule has 6 nitrogen and oxygen atoms in total. The summed E-state index contributed by atoms with van der Waals surface area (Å²) in [6.07, 6.45) is 8.07. The third-order valence-electron chi connectivity index (χ3n) is 6.51. The van der Waals surface area contributed by atoms with Gasteiger partial charge in [-0.1, -0.05) is 30.3 Å². The average molecular weight is 454 g/mol. The number of aryl methyl sites for hydroxylation is 1. The van der Waals surface area contributed by atoms with Crippen LogP contribution in [0.3, 0.4) is 0 Å². The van der Waals surface area contributed by atoms with Gasteiger partial charge >= 0.3 is 0 Å². The second-order valence-electron chi connectivity index (χ2n) is 8.40. The standard InChI is InChI=1S/C28H27N3O3/c1-30-24-17-29-13-11-22(24)23(28(30)19-7-5-4-6-8-19)9-10-27(32)31-14-12-20-15-25(33-2)26(34-3)16-21(20)18-31/h4-11,13,15-17H,12,14,18H2,1-3H3. The summed E-state index contributed by atoms with van der Waals surface area (Å²) in [5.74, 6) is 1.40. The Labute approximate surface area is 199 Å². The number of aromatic nitrogens is 2. The molecular formula is C28H27N3O3. The summed E-state index contributed by atoms with van der Waals surface area (Å²) in [7, 11) is 5.30. The van der Waals surface area contributed by atoms with Crippen molar-refractivity contribution in [3.8, 4) is 22.8 Å². The Hall–Kier alpha value is -4.06. The van der Waals surface area contributed by atoms with Crippen LogP contribution in [0, 0.1) is 0 Å². The van der Waals surface area contributed by atoms with Crippen molar-refractivity contribution < 1.29 is 14.3 Å². The van der Waals surface area contributed by atoms with Gasteiger partial charge in [0.25, 0.3) is 0 Å². The van der Waals surface area contributed by atoms with Crippen LogP contribution in [0.15, 0.2) is 67.0 Å². The lowest BCUT2D eigenvalue weighted by Crippen LogP contribution is -2.34. The molecule has 1 amide bonds. The van der Waals surface area contributed by atoms with Gasteiger partial charge in [-0.05, 0) is 47.4 Å². The molecule has 0 spiro atoms. The molecule has 0 atom stereocenters. The lowest BCUT2D eigenvalue weighted by atomic mass is 9.98. The molecule has 5 rings (SSSR count). The molecule has 0 N–H and O–H groups in total. The van der Waals surface area contributed by atoms with Crippen molar-refractivity contribution in [3.63, 3.8) is 0 Å². The van der Waals surface area contributed by atoms with E-state index in [0.717, 1.165) is 45.5 Å². The first-order valence-corrected chi connectivity index (χ1v) is 11.3. The fraction of sp³-hybridized carbons (Fsp3) is 0.214. The van der Waals surface area contributed by atoms with Gasteiger partial charge in [0.05, 0.1) is 31.6 Å². The van der Waals surface area contributed by atoms with Crippen LogP contribution in [0.25, 0.3) is 28.2 Å². The molecule has 0 fully saturated rings. The van der Waals surface area contributed by atoms with Gasteiger partial charge in [-0.25, -0.2) is 0 Å². The number of fused-ring (bicyclic) bond motifs is 2. The minimum atomic E-state index is -0.00879. The summed E-state index contributed by atoms with van der Waals surface area (Å²) in [6, 6.07) is 16.2. The first-order valence-electron chi connectivity index (χ1n) is 11.3. The molecule has 1 aliphatic rings. The number of nitrogens with zero attached hydrogens (tertiary/aromatic N) is 3. The number of carbonyl (C=O) groups excluding carboxylic acids is 1. The number of methoxy groups -OCH3 is 2. The molecule has 2 aromatic heterocycles. The summed E-state index contributed by atoms with van der Waals surface area (Å²) in [6.45, 7) is 1.21. The first kappa shape index (κ1) is 21.8. The summed E-state index contributed by atoms with van der Waals surface area (Å²) in [5, 5.41) is 1.07. The maximum atomic E-state index is 13.2. The van der Waals surface area contributed by atoms with Gasteiger partial charge in [-0.3, -0.25) is 9.78 Å². The fourth-order valence-electron chi connectivity index (χ4n) is 4.76. The molecular weight excluding hydrogens is 426 g/mol. The smallest absolute Gasteiger partial charge is 0.246 e. The van der Waals surface area contributed by atoms with Crippen LogP contribution in [-0.4, -0.2) is 41.1 Å². The monoisotopic (exact) mass is 453 g/mol. The van der Waals surface area contributed by atoms with Gasteiger partial charge in [-0.2, -0.15) is 0 Å². The van der Waals surface area contributed by atoms with Crippen LogP contribution in [0.5, 0.6) is 11.5 Å². The molecule has 4 aromatic rings. The predicted molar refractivity (Wildman–Crippen MR) is 134 cm³/mol. The van der Waals surface area contributed by atoms with Crippen molar-refractivity contribution in [1.82, 2.24) is 14.5 Å². The predicted octanol–water partition coefficient (Wildman–Crippen LogP) is 4.86. The Kier molecular flexibility index (Phi) is 5.80. The largest absolute Gasteiger partial charge is 0.493 e. The number of benzene rings is 2. The molecule has 34 heavy (non-hydrogen) atoms. The van der Waals surface area contributed by atoms with Gasteiger partial charge in [0.1, 0.15) is 0 Å². The minimum Gasteiger partial charge on any atom is -0.493 e. The van der Waals surface area contributed by atoms with Crippen molar-refractivity contribution in [2.24, 2.45) is 7.05 Å². The molecule has 0 bridgehead atoms. The lowest BCUT2D eigenvalue weighted by molar-refractivity contribution is -0.126. The fourth-order valence-corrected chi connectivity index (χ4v) is 4.76. The van der Waals surface area contributed by atoms with Crippen LogP contribution < -0.4 is 9.47 Å². The van der Waals surface area contributed by atoms with E-state index in [9.17, 15) is 4.79 Å². The van der Waals surface area contributed by atoms with Gasteiger partial charge in [0, 0.05) is 43.4 Å². The molecule has 0 radical (unpaired) electrons. The van der Waals surface area contributed by atoms with Crippen molar-refractivity contribution in [3.05, 3.63) is 83.7 Å². The van der Waals surface area contributed by atoms with Crippen molar-refractivity contribution in [2.75, 3.05) is 20.8 Å². The van der Waals surface area contributed by atoms with Crippen molar-refractivity contribution in [1.29, 1.82) is 0 Å². The van der Waals surface area contributed by atoms with E-state index < -0.39 is 0 Å². The summed E-state index contributed by atoms with van der Waals surface area (Å²) in [5.41, 5.74) is 6.49. The van der Waals surface area contributed by atoms with Crippen molar-refractivity contribution >= 4 is 22.9 Å². The number of pyridine rings is 1. The van der Waals surface area contributed by atoms with E-state index in [1.54, 1.807) is 26.5 Å². The van der Waals surface area contributed by atoms with E-state index in [1.807, 2.05) is 60.6 Å². The maximum Gasteiger partial charge on any atom is 0.246 e. The highest BCUT2D eigenvalue weighted by atomic mass is 16.5. The van der Waals surface area contributed by atoms with Gasteiger partial charge in [0.15, 0.2) is 11.5 Å². The molecule has 0 saturated carbocycles. The molecule has 6 heteroatoms. The van der Waals surface area contributed by atoms with E-state index in [2.05, 4.69) is 21.7 Å². The molecule has 0 aliphatic carbocycles. The zero-order valence-electron chi connectivity index (χ0n) is 19.6. The van der Waals surface area contributed by atoms with E-state index in [0.29, 0.717) is 18.8 Å². The SMILES string of the molecule is COc1cc2c(cc1OC)CN(C(=O)C=Cc1c(-c3ccccc3)n(C)c3cnccc13)CC2. The number of rotatable bonds is 5. The van der Waals surface area contributed by atoms with E-state index in [1.165, 1.54) is 5.56 Å². The van der Waals surface area contributed by atoms with Gasteiger partial charge < -0.3 is 18.9 Å². The Morgan fingerprint density at radius 2 is 1.76 bits per heavy atom. The Bertz CT molecular complexity index is 1390. The number of ether oxygens (including phenoxy) is 2. The molecule has 172 valence electrons. The molecule has 2 aromatic carbocycles. The highest BCUT2D eigenvalue weighted by molar-refractivity contribution is 6.01. The number of hydrogen-bond acceptors (Lipinski definition) is 4. The van der Waals surface area contributed by atoms with Crippen LogP contribution in [0.1, 0.15) is 16.7 Å². The van der Waals surface area contributed by atoms with Crippen LogP contribution in [0.2, 0.25) is 0 Å². The minimum absolute atomic E-state index is 0.00879. The third-order valence-corrected chi connectivity index (χ3v) is 6.51. The highest BCUT2D eigenvalue weighted by Gasteiger charge is 2.22. The zero-order valence-corrected chi connectivity index (χ0v) is 19.6. The Morgan fingerprint density at radius 3 is 2.50 bits per heavy atom. The lowest BCUT2D eigenvalue weighted by Gasteiger charge is -2.28. The molecule has 0 unspecified atom stereocenters. The second-order valence-corrected chi connectivity index (χ2v) is 8.40. The van der Waals surface area contributed by atoms with Crippen LogP contribution in [0.4, 0.5) is 0 Å². The van der Waals surface area contributed by atoms with E-state index >= 15 is 0 Å². The number of amides is 1. The highest BCUT2D eigenvalue weighted by Crippen LogP contribution is 2.35. The molecule has 1 aliphatic heterocycles. The second kappa shape index (κ2) is 9.06. The first-order chi connectivity index (χ1) is 16.6. The summed E-state index contributed by atoms with van der Waals surface area (Å²) in [4.78, 5) is 19.4. The number of hydrogen-bond donors (Lipinski definition) is 0. The third kappa shape index (κ3) is 3.81. The maximum absolute atomic E-state index is 13.2. The number of carbonyl (C=O) groups is 1. The van der Waals surface area contributed by atoms with Gasteiger partial charge in [-0.15, -0.1) is 0 Å². The molecule has 3 heterocycles. The molecule has 0 saturated heterocycles. The van der Waals surface area contributed by atoms with Gasteiger partial charge in [0.2, 0.25) is 5.91 Å². The average Bonchev–Trinajstić information content (AvgIpc) is 3.18. The summed E-state index contributed by atoms with van der Waals surface area (Å²) >= 11 is 0. The van der Waals surface area contributed by atoms with E-state index in [4.69, 9.17) is 9.47 Å². The Morgan fingerprint density at radius 1 is 1.03 bits per heavy atom. The quantitative estimate of drug-likeness (QED) is 0.405. The summed E-state index contributed by atoms with van der Waals surface area (Å²) < 4.78 is 13.0. The normalized spacial score (nSPS) is 13.3. The van der Waals surface area contributed by atoms with E-state index in [-0.39, 0.29) is 5.91 Å². The van der Waals surface area contributed by atoms with Crippen LogP contribution in [-0.2, 0) is 24.8 Å². The topological polar surface area (TPSA) is 56.6 Å². The Balaban J connectivity index is 1.46. The van der Waals surface area contributed by atoms with Crippen molar-refractivity contribution in [2.45, 2.75) is 13.0 Å². The zero-order chi connectivity index (χ0) is 23.7.